The summed E-state index contributed by atoms with van der Waals surface area (Å²) in [7, 11) is 3.21. The lowest BCUT2D eigenvalue weighted by Gasteiger charge is -2.24. The van der Waals surface area contributed by atoms with E-state index >= 15 is 0 Å². The predicted octanol–water partition coefficient (Wildman–Crippen LogP) is 4.20. The van der Waals surface area contributed by atoms with Crippen molar-refractivity contribution in [1.29, 1.82) is 0 Å². The number of anilines is 2. The molecule has 2 atom stereocenters. The lowest BCUT2D eigenvalue weighted by atomic mass is 10.00. The molecule has 3 aromatic carbocycles. The molecule has 7 rings (SSSR count). The highest BCUT2D eigenvalue weighted by Crippen LogP contribution is 2.44. The van der Waals surface area contributed by atoms with Crippen LogP contribution >= 0.6 is 0 Å². The molecule has 4 aliphatic rings. The van der Waals surface area contributed by atoms with Crippen molar-refractivity contribution < 1.29 is 23.9 Å². The van der Waals surface area contributed by atoms with Crippen LogP contribution in [0.2, 0.25) is 0 Å². The Morgan fingerprint density at radius 1 is 0.800 bits per heavy atom. The van der Waals surface area contributed by atoms with E-state index in [-0.39, 0.29) is 23.8 Å². The summed E-state index contributed by atoms with van der Waals surface area (Å²) >= 11 is 0. The smallest absolute Gasteiger partial charge is 0.273 e. The van der Waals surface area contributed by atoms with E-state index in [1.165, 1.54) is 11.1 Å². The van der Waals surface area contributed by atoms with E-state index in [0.717, 1.165) is 33.7 Å². The summed E-state index contributed by atoms with van der Waals surface area (Å²) in [5.74, 6) is 0.759. The van der Waals surface area contributed by atoms with Gasteiger partial charge in [-0.2, -0.15) is 0 Å². The largest absolute Gasteiger partial charge is 0.497 e. The summed E-state index contributed by atoms with van der Waals surface area (Å²) in [4.78, 5) is 46.1. The van der Waals surface area contributed by atoms with Crippen LogP contribution in [0.4, 0.5) is 11.4 Å². The van der Waals surface area contributed by atoms with Crippen LogP contribution in [-0.2, 0) is 9.59 Å². The first-order valence-electron chi connectivity index (χ1n) is 12.6. The van der Waals surface area contributed by atoms with Gasteiger partial charge in [0.1, 0.15) is 23.6 Å². The Labute approximate surface area is 230 Å². The number of rotatable bonds is 3. The molecular weight excluding hydrogens is 508 g/mol. The van der Waals surface area contributed by atoms with Crippen LogP contribution in [-0.4, -0.2) is 56.5 Å². The van der Waals surface area contributed by atoms with Gasteiger partial charge in [0.05, 0.1) is 19.9 Å². The fraction of sp³-hybridized carbons (Fsp3) is 0.129. The van der Waals surface area contributed by atoms with Crippen molar-refractivity contribution in [2.24, 2.45) is 9.98 Å². The van der Waals surface area contributed by atoms with Gasteiger partial charge in [-0.25, -0.2) is 9.98 Å². The molecule has 0 saturated heterocycles. The number of ether oxygens (including phenoxy) is 2. The molecule has 198 valence electrons. The van der Waals surface area contributed by atoms with Crippen molar-refractivity contribution in [3.63, 3.8) is 0 Å². The Kier molecular flexibility index (Phi) is 6.31. The normalized spacial score (nSPS) is 19.2. The second-order valence-corrected chi connectivity index (χ2v) is 9.29. The topological polar surface area (TPSA) is 110 Å². The Morgan fingerprint density at radius 3 is 2.17 bits per heavy atom. The third-order valence-electron chi connectivity index (χ3n) is 7.11. The van der Waals surface area contributed by atoms with Crippen molar-refractivity contribution in [3.8, 4) is 11.5 Å². The zero-order valence-corrected chi connectivity index (χ0v) is 21.7. The van der Waals surface area contributed by atoms with Crippen LogP contribution in [0.15, 0.2) is 88.9 Å². The first kappa shape index (κ1) is 25.0. The van der Waals surface area contributed by atoms with Crippen molar-refractivity contribution in [2.75, 3.05) is 24.4 Å². The average Bonchev–Trinajstić information content (AvgIpc) is 3.54. The van der Waals surface area contributed by atoms with Gasteiger partial charge in [-0.1, -0.05) is 18.2 Å². The fourth-order valence-electron chi connectivity index (χ4n) is 5.19. The molecule has 4 aliphatic heterocycles. The van der Waals surface area contributed by atoms with Crippen molar-refractivity contribution in [1.82, 2.24) is 0 Å². The first-order valence-corrected chi connectivity index (χ1v) is 12.6. The highest BCUT2D eigenvalue weighted by Gasteiger charge is 2.43. The number of carbonyl (C=O) groups excluding carboxylic acids is 3. The molecule has 3 amide bonds. The van der Waals surface area contributed by atoms with Crippen molar-refractivity contribution in [2.45, 2.75) is 12.1 Å². The van der Waals surface area contributed by atoms with E-state index in [1.54, 1.807) is 62.9 Å². The van der Waals surface area contributed by atoms with Gasteiger partial charge >= 0.3 is 0 Å². The molecule has 2 unspecified atom stereocenters. The number of methoxy groups -OCH3 is 2. The quantitative estimate of drug-likeness (QED) is 0.542. The molecule has 9 heteroatoms. The molecule has 4 heterocycles. The van der Waals surface area contributed by atoms with Gasteiger partial charge in [0.25, 0.3) is 17.7 Å². The minimum atomic E-state index is -0.718. The predicted molar refractivity (Wildman–Crippen MR) is 153 cm³/mol. The number of nitrogens with zero attached hydrogens (tertiary/aromatic N) is 3. The zero-order chi connectivity index (χ0) is 27.8. The molecular formula is C31H24N4O5. The maximum atomic E-state index is 13.0. The molecule has 0 fully saturated rings. The Hall–Kier alpha value is -5.31. The third kappa shape index (κ3) is 4.17. The van der Waals surface area contributed by atoms with Gasteiger partial charge in [-0.3, -0.25) is 19.3 Å². The van der Waals surface area contributed by atoms with E-state index in [4.69, 9.17) is 9.47 Å². The number of allylic oxidation sites excluding steroid dienone is 2. The number of fused-ring (bicyclic) bond motifs is 6. The standard InChI is InChI=1S/C19H14N2O3.C12H10N2O2/c1-24-13-7-8-16-15(11-13)14-9-10-20-18(22)17(14)21(16)19(23)12-5-3-2-4-6-12;1-16-7-2-3-10-9(6-7)8-4-5-13-12(15)11(8)14-10/h2-11,17H,1H3;2-6,11,14H,1H3. The molecule has 0 radical (unpaired) electrons. The highest BCUT2D eigenvalue weighted by atomic mass is 16.5. The number of amides is 3. The lowest BCUT2D eigenvalue weighted by molar-refractivity contribution is -0.118. The van der Waals surface area contributed by atoms with Gasteiger partial charge in [-0.15, -0.1) is 0 Å². The Bertz CT molecular complexity index is 1670. The molecule has 40 heavy (non-hydrogen) atoms. The summed E-state index contributed by atoms with van der Waals surface area (Å²) in [6.07, 6.45) is 6.67. The van der Waals surface area contributed by atoms with E-state index in [9.17, 15) is 14.4 Å². The number of hydrogen-bond acceptors (Lipinski definition) is 6. The zero-order valence-electron chi connectivity index (χ0n) is 21.7. The summed E-state index contributed by atoms with van der Waals surface area (Å²) in [6.45, 7) is 0. The molecule has 0 aliphatic carbocycles. The van der Waals surface area contributed by atoms with Gasteiger partial charge in [0.15, 0.2) is 0 Å². The van der Waals surface area contributed by atoms with Gasteiger partial charge in [-0.05, 0) is 71.8 Å². The monoisotopic (exact) mass is 532 g/mol. The molecule has 1 N–H and O–H groups in total. The lowest BCUT2D eigenvalue weighted by Crippen LogP contribution is -2.42. The van der Waals surface area contributed by atoms with Gasteiger partial charge < -0.3 is 14.8 Å². The minimum absolute atomic E-state index is 0.146. The second kappa shape index (κ2) is 10.1. The van der Waals surface area contributed by atoms with E-state index in [0.29, 0.717) is 17.0 Å². The number of nitrogens with one attached hydrogen (secondary N) is 1. The highest BCUT2D eigenvalue weighted by molar-refractivity contribution is 6.22. The van der Waals surface area contributed by atoms with Crippen LogP contribution in [0, 0.1) is 0 Å². The van der Waals surface area contributed by atoms with E-state index in [1.807, 2.05) is 36.4 Å². The van der Waals surface area contributed by atoms with Crippen LogP contribution in [0.5, 0.6) is 11.5 Å². The fourth-order valence-corrected chi connectivity index (χ4v) is 5.19. The molecule has 0 bridgehead atoms. The van der Waals surface area contributed by atoms with E-state index < -0.39 is 6.04 Å². The summed E-state index contributed by atoms with van der Waals surface area (Å²) in [6, 6.07) is 19.0. The van der Waals surface area contributed by atoms with Gasteiger partial charge in [0.2, 0.25) is 0 Å². The maximum Gasteiger partial charge on any atom is 0.273 e. The van der Waals surface area contributed by atoms with Crippen LogP contribution in [0.3, 0.4) is 0 Å². The maximum absolute atomic E-state index is 13.0. The molecule has 0 spiro atoms. The number of benzene rings is 3. The Morgan fingerprint density at radius 2 is 1.45 bits per heavy atom. The molecule has 3 aromatic rings. The number of dihydropyridines is 2. The van der Waals surface area contributed by atoms with Crippen LogP contribution < -0.4 is 19.7 Å². The van der Waals surface area contributed by atoms with E-state index in [2.05, 4.69) is 15.3 Å². The first-order chi connectivity index (χ1) is 19.5. The van der Waals surface area contributed by atoms with Gasteiger partial charge in [0, 0.05) is 34.8 Å². The second-order valence-electron chi connectivity index (χ2n) is 9.29. The molecule has 9 nitrogen and oxygen atoms in total. The summed E-state index contributed by atoms with van der Waals surface area (Å²) < 4.78 is 10.4. The summed E-state index contributed by atoms with van der Waals surface area (Å²) in [5.41, 5.74) is 5.76. The van der Waals surface area contributed by atoms with Crippen molar-refractivity contribution in [3.05, 3.63) is 95.6 Å². The minimum Gasteiger partial charge on any atom is -0.497 e. The third-order valence-corrected chi connectivity index (χ3v) is 7.11. The SMILES string of the molecule is COc1ccc2c(c1)C1=CC=NC(=O)C1N2.COc1ccc2c(c1)C1=CC=NC(=O)C1N2C(=O)c1ccccc1. The summed E-state index contributed by atoms with van der Waals surface area (Å²) in [5, 5.41) is 3.15. The number of hydrogen-bond donors (Lipinski definition) is 1. The van der Waals surface area contributed by atoms with Crippen LogP contribution in [0.1, 0.15) is 21.5 Å². The molecule has 0 saturated carbocycles. The number of carbonyl (C=O) groups is 3. The number of aliphatic imine (C=N–C) groups is 2. The molecule has 0 aromatic heterocycles. The Balaban J connectivity index is 0.000000157. The van der Waals surface area contributed by atoms with Crippen molar-refractivity contribution >= 4 is 52.7 Å². The van der Waals surface area contributed by atoms with Crippen LogP contribution in [0.25, 0.3) is 11.1 Å². The average molecular weight is 533 g/mol.